The molecular weight excluding hydrogens is 238 g/mol. The number of benzene rings is 1. The number of fused-ring (bicyclic) bond motifs is 1. The highest BCUT2D eigenvalue weighted by Gasteiger charge is 2.14. The van der Waals surface area contributed by atoms with E-state index in [0.29, 0.717) is 12.3 Å². The van der Waals surface area contributed by atoms with E-state index in [0.717, 1.165) is 22.0 Å². The maximum atomic E-state index is 10.4. The summed E-state index contributed by atoms with van der Waals surface area (Å²) in [4.78, 5) is 4.48. The molecule has 2 rings (SSSR count). The number of aromatic hydroxyl groups is 1. The van der Waals surface area contributed by atoms with Crippen LogP contribution in [0, 0.1) is 6.92 Å². The van der Waals surface area contributed by atoms with E-state index in [4.69, 9.17) is 4.74 Å². The summed E-state index contributed by atoms with van der Waals surface area (Å²) in [6.45, 7) is 6.06. The van der Waals surface area contributed by atoms with E-state index >= 15 is 0 Å². The summed E-state index contributed by atoms with van der Waals surface area (Å²) in [5.74, 6) is 0.757. The largest absolute Gasteiger partial charge is 0.507 e. The molecule has 0 unspecified atom stereocenters. The summed E-state index contributed by atoms with van der Waals surface area (Å²) in [5.41, 5.74) is 3.80. The van der Waals surface area contributed by atoms with Gasteiger partial charge in [0, 0.05) is 5.39 Å². The van der Waals surface area contributed by atoms with Gasteiger partial charge in [0.05, 0.1) is 18.2 Å². The summed E-state index contributed by atoms with van der Waals surface area (Å²) < 4.78 is 5.31. The maximum Gasteiger partial charge on any atom is 0.220 e. The molecular formula is C16H19NO2. The van der Waals surface area contributed by atoms with Crippen LogP contribution in [-0.4, -0.2) is 17.2 Å². The molecule has 1 aromatic heterocycles. The first kappa shape index (κ1) is 13.4. The van der Waals surface area contributed by atoms with Gasteiger partial charge < -0.3 is 9.84 Å². The second-order valence-corrected chi connectivity index (χ2v) is 4.95. The number of rotatable bonds is 3. The first-order chi connectivity index (χ1) is 9.02. The van der Waals surface area contributed by atoms with Gasteiger partial charge in [0.15, 0.2) is 0 Å². The van der Waals surface area contributed by atoms with Crippen LogP contribution in [0.5, 0.6) is 11.6 Å². The Balaban J connectivity index is 2.65. The Kier molecular flexibility index (Phi) is 3.74. The Bertz CT molecular complexity index is 641. The summed E-state index contributed by atoms with van der Waals surface area (Å²) in [6.07, 6.45) is 2.67. The van der Waals surface area contributed by atoms with Crippen molar-refractivity contribution in [2.45, 2.75) is 27.2 Å². The zero-order valence-corrected chi connectivity index (χ0v) is 11.8. The molecule has 3 nitrogen and oxygen atoms in total. The van der Waals surface area contributed by atoms with Crippen molar-refractivity contribution in [2.75, 3.05) is 7.11 Å². The summed E-state index contributed by atoms with van der Waals surface area (Å²) in [7, 11) is 1.58. The van der Waals surface area contributed by atoms with E-state index in [9.17, 15) is 5.11 Å². The van der Waals surface area contributed by atoms with E-state index in [1.54, 1.807) is 7.11 Å². The topological polar surface area (TPSA) is 42.4 Å². The van der Waals surface area contributed by atoms with Gasteiger partial charge in [0.25, 0.3) is 0 Å². The highest BCUT2D eigenvalue weighted by molar-refractivity contribution is 5.87. The van der Waals surface area contributed by atoms with Crippen molar-refractivity contribution in [2.24, 2.45) is 0 Å². The molecule has 100 valence electrons. The molecule has 0 aliphatic rings. The van der Waals surface area contributed by atoms with Crippen LogP contribution in [-0.2, 0) is 6.42 Å². The van der Waals surface area contributed by atoms with Crippen LogP contribution >= 0.6 is 0 Å². The third kappa shape index (κ3) is 2.70. The number of methoxy groups -OCH3 is 1. The Labute approximate surface area is 113 Å². The van der Waals surface area contributed by atoms with E-state index in [1.165, 1.54) is 5.57 Å². The van der Waals surface area contributed by atoms with Crippen LogP contribution in [0.3, 0.4) is 0 Å². The lowest BCUT2D eigenvalue weighted by Crippen LogP contribution is -1.97. The first-order valence-electron chi connectivity index (χ1n) is 6.32. The molecule has 0 aliphatic carbocycles. The lowest BCUT2D eigenvalue weighted by atomic mass is 10.1. The Morgan fingerprint density at radius 2 is 2.11 bits per heavy atom. The monoisotopic (exact) mass is 257 g/mol. The minimum Gasteiger partial charge on any atom is -0.507 e. The van der Waals surface area contributed by atoms with Crippen molar-refractivity contribution in [1.29, 1.82) is 0 Å². The molecule has 0 bridgehead atoms. The predicted molar refractivity (Wildman–Crippen MR) is 77.8 cm³/mol. The van der Waals surface area contributed by atoms with Crippen LogP contribution in [0.1, 0.15) is 25.0 Å². The van der Waals surface area contributed by atoms with Crippen LogP contribution in [0.4, 0.5) is 0 Å². The number of hydrogen-bond acceptors (Lipinski definition) is 3. The van der Waals surface area contributed by atoms with Crippen LogP contribution in [0.25, 0.3) is 10.9 Å². The number of aryl methyl sites for hydroxylation is 1. The lowest BCUT2D eigenvalue weighted by molar-refractivity contribution is 0.388. The summed E-state index contributed by atoms with van der Waals surface area (Å²) in [6, 6.07) is 5.82. The van der Waals surface area contributed by atoms with Gasteiger partial charge in [0.2, 0.25) is 5.88 Å². The van der Waals surface area contributed by atoms with Gasteiger partial charge in [-0.3, -0.25) is 0 Å². The molecule has 2 aromatic rings. The van der Waals surface area contributed by atoms with Crippen molar-refractivity contribution in [3.05, 3.63) is 41.0 Å². The van der Waals surface area contributed by atoms with E-state index in [2.05, 4.69) is 11.1 Å². The maximum absolute atomic E-state index is 10.4. The second-order valence-electron chi connectivity index (χ2n) is 4.95. The minimum atomic E-state index is 0.263. The summed E-state index contributed by atoms with van der Waals surface area (Å²) in [5, 5.41) is 11.2. The summed E-state index contributed by atoms with van der Waals surface area (Å²) >= 11 is 0. The van der Waals surface area contributed by atoms with Crippen LogP contribution in [0.15, 0.2) is 29.8 Å². The van der Waals surface area contributed by atoms with Gasteiger partial charge >= 0.3 is 0 Å². The van der Waals surface area contributed by atoms with Crippen molar-refractivity contribution >= 4 is 10.9 Å². The fourth-order valence-corrected chi connectivity index (χ4v) is 2.03. The fraction of sp³-hybridized carbons (Fsp3) is 0.312. The molecule has 0 fully saturated rings. The zero-order valence-electron chi connectivity index (χ0n) is 11.8. The number of hydrogen-bond donors (Lipinski definition) is 1. The molecule has 1 heterocycles. The molecule has 0 amide bonds. The molecule has 1 N–H and O–H groups in total. The van der Waals surface area contributed by atoms with Gasteiger partial charge in [-0.1, -0.05) is 17.7 Å². The van der Waals surface area contributed by atoms with Gasteiger partial charge in [-0.15, -0.1) is 0 Å². The molecule has 0 saturated heterocycles. The molecule has 0 radical (unpaired) electrons. The van der Waals surface area contributed by atoms with Gasteiger partial charge in [-0.2, -0.15) is 0 Å². The van der Waals surface area contributed by atoms with E-state index in [-0.39, 0.29) is 5.75 Å². The minimum absolute atomic E-state index is 0.263. The molecule has 1 aromatic carbocycles. The number of nitrogens with zero attached hydrogens (tertiary/aromatic N) is 1. The predicted octanol–water partition coefficient (Wildman–Crippen LogP) is 3.77. The number of aromatic nitrogens is 1. The quantitative estimate of drug-likeness (QED) is 0.851. The van der Waals surface area contributed by atoms with Crippen molar-refractivity contribution in [3.8, 4) is 11.6 Å². The average molecular weight is 257 g/mol. The highest BCUT2D eigenvalue weighted by Crippen LogP contribution is 2.34. The standard InChI is InChI=1S/C16H19NO2/c1-10(2)5-7-13-15(18)12-8-6-11(3)9-14(12)17-16(13)19-4/h5-6,8-9H,7H2,1-4H3,(H,17,18). The van der Waals surface area contributed by atoms with Crippen LogP contribution in [0.2, 0.25) is 0 Å². The first-order valence-corrected chi connectivity index (χ1v) is 6.32. The van der Waals surface area contributed by atoms with Gasteiger partial charge in [-0.25, -0.2) is 4.98 Å². The zero-order chi connectivity index (χ0) is 14.0. The normalized spacial score (nSPS) is 10.5. The average Bonchev–Trinajstić information content (AvgIpc) is 2.36. The van der Waals surface area contributed by atoms with Gasteiger partial charge in [-0.05, 0) is 44.9 Å². The third-order valence-corrected chi connectivity index (χ3v) is 3.08. The third-order valence-electron chi connectivity index (χ3n) is 3.08. The van der Waals surface area contributed by atoms with Crippen molar-refractivity contribution in [3.63, 3.8) is 0 Å². The highest BCUT2D eigenvalue weighted by atomic mass is 16.5. The number of ether oxygens (including phenoxy) is 1. The molecule has 0 saturated carbocycles. The Morgan fingerprint density at radius 3 is 2.74 bits per heavy atom. The van der Waals surface area contributed by atoms with E-state index in [1.807, 2.05) is 39.0 Å². The fourth-order valence-electron chi connectivity index (χ4n) is 2.03. The smallest absolute Gasteiger partial charge is 0.220 e. The number of pyridine rings is 1. The molecule has 0 aliphatic heterocycles. The Hall–Kier alpha value is -2.03. The second kappa shape index (κ2) is 5.31. The number of allylic oxidation sites excluding steroid dienone is 2. The molecule has 19 heavy (non-hydrogen) atoms. The van der Waals surface area contributed by atoms with Crippen molar-refractivity contribution in [1.82, 2.24) is 4.98 Å². The van der Waals surface area contributed by atoms with Gasteiger partial charge in [0.1, 0.15) is 5.75 Å². The lowest BCUT2D eigenvalue weighted by Gasteiger charge is -2.11. The van der Waals surface area contributed by atoms with E-state index < -0.39 is 0 Å². The SMILES string of the molecule is COc1nc2cc(C)ccc2c(O)c1CC=C(C)C. The van der Waals surface area contributed by atoms with Crippen LogP contribution < -0.4 is 4.74 Å². The molecule has 0 spiro atoms. The Morgan fingerprint density at radius 1 is 1.37 bits per heavy atom. The van der Waals surface area contributed by atoms with Crippen molar-refractivity contribution < 1.29 is 9.84 Å². The molecule has 0 atom stereocenters. The molecule has 3 heteroatoms.